The van der Waals surface area contributed by atoms with Crippen LogP contribution in [0.5, 0.6) is 0 Å². The van der Waals surface area contributed by atoms with Crippen LogP contribution < -0.4 is 4.90 Å². The van der Waals surface area contributed by atoms with E-state index in [1.807, 2.05) is 20.0 Å². The Bertz CT molecular complexity index is 321. The Kier molecular flexibility index (Phi) is 8.46. The summed E-state index contributed by atoms with van der Waals surface area (Å²) in [5.41, 5.74) is 1.23. The van der Waals surface area contributed by atoms with E-state index in [0.29, 0.717) is 5.92 Å². The third-order valence-corrected chi connectivity index (χ3v) is 2.70. The number of anilines is 1. The lowest BCUT2D eigenvalue weighted by Crippen LogP contribution is -2.17. The highest BCUT2D eigenvalue weighted by molar-refractivity contribution is 5.44. The van der Waals surface area contributed by atoms with Gasteiger partial charge in [0.15, 0.2) is 0 Å². The highest BCUT2D eigenvalue weighted by Gasteiger charge is 2.10. The second-order valence-electron chi connectivity index (χ2n) is 4.62. The zero-order valence-electron chi connectivity index (χ0n) is 13.0. The second-order valence-corrected chi connectivity index (χ2v) is 4.62. The number of nitrogens with zero attached hydrogens (tertiary/aromatic N) is 3. The number of aryl methyl sites for hydroxylation is 2. The van der Waals surface area contributed by atoms with Gasteiger partial charge >= 0.3 is 0 Å². The number of methoxy groups -OCH3 is 1. The number of hydrogen-bond acceptors (Lipinski definition) is 3. The Morgan fingerprint density at radius 2 is 2.00 bits per heavy atom. The second kappa shape index (κ2) is 8.97. The summed E-state index contributed by atoms with van der Waals surface area (Å²) in [5, 5.41) is 4.40. The molecule has 0 bridgehead atoms. The lowest BCUT2D eigenvalue weighted by atomic mass is 10.1. The van der Waals surface area contributed by atoms with Gasteiger partial charge in [-0.1, -0.05) is 20.8 Å². The molecule has 4 heteroatoms. The van der Waals surface area contributed by atoms with Gasteiger partial charge in [-0.3, -0.25) is 0 Å². The molecule has 0 saturated heterocycles. The molecule has 0 spiro atoms. The van der Waals surface area contributed by atoms with Gasteiger partial charge in [-0.15, -0.1) is 0 Å². The lowest BCUT2D eigenvalue weighted by Gasteiger charge is -2.17. The smallest absolute Gasteiger partial charge is 0.129 e. The van der Waals surface area contributed by atoms with E-state index in [0.717, 1.165) is 19.6 Å². The Labute approximate surface area is 112 Å². The van der Waals surface area contributed by atoms with Crippen LogP contribution in [0.25, 0.3) is 0 Å². The summed E-state index contributed by atoms with van der Waals surface area (Å²) in [4.78, 5) is 2.11. The highest BCUT2D eigenvalue weighted by atomic mass is 16.5. The summed E-state index contributed by atoms with van der Waals surface area (Å²) in [7, 11) is 5.86. The van der Waals surface area contributed by atoms with Crippen LogP contribution in [-0.2, 0) is 11.3 Å². The first-order valence-electron chi connectivity index (χ1n) is 6.75. The molecular formula is C14H29N3O. The average Bonchev–Trinajstić information content (AvgIpc) is 2.71. The van der Waals surface area contributed by atoms with Crippen LogP contribution in [0.1, 0.15) is 32.8 Å². The molecule has 106 valence electrons. The SMILES string of the molecule is CC.COCC(C)CCn1ncc(C)c1N(C)C. The molecule has 0 aliphatic rings. The van der Waals surface area contributed by atoms with Crippen molar-refractivity contribution < 1.29 is 4.74 Å². The molecule has 0 N–H and O–H groups in total. The standard InChI is InChI=1S/C12H23N3O.C2H6/c1-10(9-16-5)6-7-15-12(14(3)4)11(2)8-13-15;1-2/h8,10H,6-7,9H2,1-5H3;1-2H3. The molecule has 0 aliphatic carbocycles. The summed E-state index contributed by atoms with van der Waals surface area (Å²) in [6.45, 7) is 10.1. The van der Waals surface area contributed by atoms with Gasteiger partial charge in [0, 0.05) is 39.9 Å². The molecule has 1 rings (SSSR count). The van der Waals surface area contributed by atoms with Crippen molar-refractivity contribution in [3.8, 4) is 0 Å². The van der Waals surface area contributed by atoms with E-state index in [2.05, 4.69) is 42.6 Å². The van der Waals surface area contributed by atoms with Gasteiger partial charge in [0.2, 0.25) is 0 Å². The summed E-state index contributed by atoms with van der Waals surface area (Å²) >= 11 is 0. The van der Waals surface area contributed by atoms with Gasteiger partial charge in [-0.25, -0.2) is 4.68 Å². The van der Waals surface area contributed by atoms with Gasteiger partial charge in [0.05, 0.1) is 6.20 Å². The van der Waals surface area contributed by atoms with Crippen molar-refractivity contribution >= 4 is 5.82 Å². The topological polar surface area (TPSA) is 30.3 Å². The maximum Gasteiger partial charge on any atom is 0.129 e. The summed E-state index contributed by atoms with van der Waals surface area (Å²) in [6, 6.07) is 0. The molecule has 0 radical (unpaired) electrons. The van der Waals surface area contributed by atoms with E-state index < -0.39 is 0 Å². The Hall–Kier alpha value is -1.03. The monoisotopic (exact) mass is 255 g/mol. The molecule has 0 saturated carbocycles. The van der Waals surface area contributed by atoms with Gasteiger partial charge in [-0.2, -0.15) is 5.10 Å². The molecule has 18 heavy (non-hydrogen) atoms. The van der Waals surface area contributed by atoms with Crippen LogP contribution in [0.2, 0.25) is 0 Å². The third kappa shape index (κ3) is 5.08. The van der Waals surface area contributed by atoms with E-state index in [1.54, 1.807) is 7.11 Å². The maximum atomic E-state index is 5.13. The number of ether oxygens (including phenoxy) is 1. The minimum absolute atomic E-state index is 0.574. The molecule has 0 amide bonds. The Morgan fingerprint density at radius 3 is 2.50 bits per heavy atom. The van der Waals surface area contributed by atoms with Gasteiger partial charge in [0.1, 0.15) is 5.82 Å². The quantitative estimate of drug-likeness (QED) is 0.783. The third-order valence-electron chi connectivity index (χ3n) is 2.70. The van der Waals surface area contributed by atoms with Crippen molar-refractivity contribution in [3.05, 3.63) is 11.8 Å². The zero-order valence-corrected chi connectivity index (χ0v) is 13.0. The molecular weight excluding hydrogens is 226 g/mol. The predicted molar refractivity (Wildman–Crippen MR) is 78.3 cm³/mol. The largest absolute Gasteiger partial charge is 0.384 e. The van der Waals surface area contributed by atoms with Gasteiger partial charge in [-0.05, 0) is 19.3 Å². The van der Waals surface area contributed by atoms with Crippen molar-refractivity contribution in [2.75, 3.05) is 32.7 Å². The van der Waals surface area contributed by atoms with Crippen LogP contribution >= 0.6 is 0 Å². The van der Waals surface area contributed by atoms with Gasteiger partial charge in [0.25, 0.3) is 0 Å². The summed E-state index contributed by atoms with van der Waals surface area (Å²) < 4.78 is 7.21. The Balaban J connectivity index is 0.00000137. The first-order chi connectivity index (χ1) is 8.56. The molecule has 1 heterocycles. The molecule has 1 aromatic rings. The fourth-order valence-corrected chi connectivity index (χ4v) is 1.93. The fraction of sp³-hybridized carbons (Fsp3) is 0.786. The van der Waals surface area contributed by atoms with Crippen molar-refractivity contribution in [2.24, 2.45) is 5.92 Å². The molecule has 0 aromatic carbocycles. The van der Waals surface area contributed by atoms with Gasteiger partial charge < -0.3 is 9.64 Å². The van der Waals surface area contributed by atoms with Crippen LogP contribution in [-0.4, -0.2) is 37.6 Å². The predicted octanol–water partition coefficient (Wildman–Crippen LogP) is 2.96. The van der Waals surface area contributed by atoms with E-state index in [4.69, 9.17) is 4.74 Å². The molecule has 0 aliphatic heterocycles. The normalized spacial score (nSPS) is 11.7. The maximum absolute atomic E-state index is 5.13. The molecule has 1 atom stereocenters. The first kappa shape index (κ1) is 17.0. The van der Waals surface area contributed by atoms with Crippen molar-refractivity contribution in [3.63, 3.8) is 0 Å². The number of aromatic nitrogens is 2. The van der Waals surface area contributed by atoms with Crippen molar-refractivity contribution in [1.82, 2.24) is 9.78 Å². The average molecular weight is 255 g/mol. The van der Waals surface area contributed by atoms with Crippen molar-refractivity contribution in [1.29, 1.82) is 0 Å². The highest BCUT2D eigenvalue weighted by Crippen LogP contribution is 2.18. The fourth-order valence-electron chi connectivity index (χ4n) is 1.93. The minimum Gasteiger partial charge on any atom is -0.384 e. The lowest BCUT2D eigenvalue weighted by molar-refractivity contribution is 0.152. The van der Waals surface area contributed by atoms with Crippen LogP contribution in [0.3, 0.4) is 0 Å². The summed E-state index contributed by atoms with van der Waals surface area (Å²) in [6.07, 6.45) is 3.02. The van der Waals surface area contributed by atoms with E-state index >= 15 is 0 Å². The van der Waals surface area contributed by atoms with Crippen LogP contribution in [0.15, 0.2) is 6.20 Å². The van der Waals surface area contributed by atoms with E-state index in [1.165, 1.54) is 11.4 Å². The molecule has 1 aromatic heterocycles. The zero-order chi connectivity index (χ0) is 14.1. The van der Waals surface area contributed by atoms with E-state index in [-0.39, 0.29) is 0 Å². The molecule has 0 fully saturated rings. The molecule has 4 nitrogen and oxygen atoms in total. The van der Waals surface area contributed by atoms with Crippen LogP contribution in [0.4, 0.5) is 5.82 Å². The minimum atomic E-state index is 0.574. The Morgan fingerprint density at radius 1 is 1.39 bits per heavy atom. The first-order valence-corrected chi connectivity index (χ1v) is 6.75. The van der Waals surface area contributed by atoms with E-state index in [9.17, 15) is 0 Å². The van der Waals surface area contributed by atoms with Crippen LogP contribution in [0, 0.1) is 12.8 Å². The number of hydrogen-bond donors (Lipinski definition) is 0. The number of rotatable bonds is 6. The summed E-state index contributed by atoms with van der Waals surface area (Å²) in [5.74, 6) is 1.77. The molecule has 1 unspecified atom stereocenters. The van der Waals surface area contributed by atoms with Crippen molar-refractivity contribution in [2.45, 2.75) is 40.7 Å².